The van der Waals surface area contributed by atoms with Gasteiger partial charge >= 0.3 is 5.97 Å². The number of nitrogens with zero attached hydrogens (tertiary/aromatic N) is 1. The van der Waals surface area contributed by atoms with Crippen molar-refractivity contribution in [3.8, 4) is 0 Å². The highest BCUT2D eigenvalue weighted by atomic mass is 35.5. The zero-order valence-electron chi connectivity index (χ0n) is 11.6. The number of nitrogen functional groups attached to an aromatic ring is 1. The highest BCUT2D eigenvalue weighted by Gasteiger charge is 2.14. The maximum atomic E-state index is 13.3. The van der Waals surface area contributed by atoms with Gasteiger partial charge in [0.1, 0.15) is 18.1 Å². The van der Waals surface area contributed by atoms with E-state index in [-0.39, 0.29) is 11.6 Å². The van der Waals surface area contributed by atoms with Gasteiger partial charge in [-0.05, 0) is 30.2 Å². The van der Waals surface area contributed by atoms with E-state index in [0.717, 1.165) is 6.42 Å². The lowest BCUT2D eigenvalue weighted by Crippen LogP contribution is -2.11. The Kier molecular flexibility index (Phi) is 4.85. The first kappa shape index (κ1) is 15.4. The van der Waals surface area contributed by atoms with Crippen molar-refractivity contribution in [2.75, 3.05) is 5.73 Å². The molecule has 0 aliphatic heterocycles. The van der Waals surface area contributed by atoms with Crippen LogP contribution in [0.5, 0.6) is 0 Å². The van der Waals surface area contributed by atoms with Crippen LogP contribution in [-0.4, -0.2) is 10.5 Å². The first-order valence-electron chi connectivity index (χ1n) is 6.58. The molecule has 0 aliphatic rings. The van der Waals surface area contributed by atoms with Crippen molar-refractivity contribution in [1.29, 1.82) is 0 Å². The number of ether oxygens (including phenoxy) is 1. The number of carbonyl (C=O) groups excluding carboxylic acids is 1. The summed E-state index contributed by atoms with van der Waals surface area (Å²) in [5.74, 6) is -1.03. The highest BCUT2D eigenvalue weighted by molar-refractivity contribution is 6.30. The topological polar surface area (TPSA) is 57.2 Å². The lowest BCUT2D eigenvalue weighted by Gasteiger charge is -2.08. The predicted octanol–water partition coefficient (Wildman–Crippen LogP) is 3.63. The quantitative estimate of drug-likeness (QED) is 0.858. The highest BCUT2D eigenvalue weighted by Crippen LogP contribution is 2.17. The van der Waals surface area contributed by atoms with Gasteiger partial charge in [-0.2, -0.15) is 0 Å². The van der Waals surface area contributed by atoms with Crippen molar-refractivity contribution in [3.63, 3.8) is 0 Å². The van der Waals surface area contributed by atoms with Gasteiger partial charge in [-0.25, -0.2) is 9.18 Å². The molecule has 6 heteroatoms. The van der Waals surface area contributed by atoms with Crippen molar-refractivity contribution in [3.05, 3.63) is 52.6 Å². The summed E-state index contributed by atoms with van der Waals surface area (Å²) in [5, 5.41) is 0.0367. The fourth-order valence-corrected chi connectivity index (χ4v) is 2.10. The number of aromatic nitrogens is 1. The van der Waals surface area contributed by atoms with Crippen LogP contribution >= 0.6 is 11.6 Å². The summed E-state index contributed by atoms with van der Waals surface area (Å²) >= 11 is 5.60. The second-order valence-electron chi connectivity index (χ2n) is 4.68. The standard InChI is InChI=1S/C15H16ClFN2O2/c1-2-5-19-8-11(18)7-14(19)15(20)21-9-10-3-4-12(16)13(17)6-10/h3-4,6-8H,2,5,9,18H2,1H3. The SMILES string of the molecule is CCCn1cc(N)cc1C(=O)OCc1ccc(Cl)c(F)c1. The van der Waals surface area contributed by atoms with Gasteiger partial charge in [0.15, 0.2) is 0 Å². The largest absolute Gasteiger partial charge is 0.456 e. The fourth-order valence-electron chi connectivity index (χ4n) is 1.98. The third kappa shape index (κ3) is 3.76. The number of nitrogens with two attached hydrogens (primary N) is 1. The van der Waals surface area contributed by atoms with E-state index in [1.165, 1.54) is 12.1 Å². The van der Waals surface area contributed by atoms with Gasteiger partial charge < -0.3 is 15.0 Å². The number of anilines is 1. The van der Waals surface area contributed by atoms with E-state index in [9.17, 15) is 9.18 Å². The number of benzene rings is 1. The lowest BCUT2D eigenvalue weighted by atomic mass is 10.2. The molecule has 2 aromatic rings. The van der Waals surface area contributed by atoms with E-state index in [0.29, 0.717) is 23.5 Å². The Morgan fingerprint density at radius 3 is 2.86 bits per heavy atom. The van der Waals surface area contributed by atoms with E-state index < -0.39 is 11.8 Å². The van der Waals surface area contributed by atoms with Gasteiger partial charge in [-0.15, -0.1) is 0 Å². The van der Waals surface area contributed by atoms with Crippen LogP contribution in [0.2, 0.25) is 5.02 Å². The van der Waals surface area contributed by atoms with Crippen LogP contribution in [0.4, 0.5) is 10.1 Å². The molecule has 0 saturated carbocycles. The van der Waals surface area contributed by atoms with Crippen LogP contribution in [0.25, 0.3) is 0 Å². The van der Waals surface area contributed by atoms with E-state index in [1.54, 1.807) is 22.9 Å². The van der Waals surface area contributed by atoms with Gasteiger partial charge in [0.25, 0.3) is 0 Å². The maximum absolute atomic E-state index is 13.3. The van der Waals surface area contributed by atoms with Crippen molar-refractivity contribution in [1.82, 2.24) is 4.57 Å². The van der Waals surface area contributed by atoms with Gasteiger partial charge in [0, 0.05) is 12.7 Å². The van der Waals surface area contributed by atoms with Crippen molar-refractivity contribution < 1.29 is 13.9 Å². The van der Waals surface area contributed by atoms with Crippen molar-refractivity contribution in [2.45, 2.75) is 26.5 Å². The molecule has 1 heterocycles. The monoisotopic (exact) mass is 310 g/mol. The first-order chi connectivity index (χ1) is 10.0. The maximum Gasteiger partial charge on any atom is 0.355 e. The van der Waals surface area contributed by atoms with Crippen LogP contribution < -0.4 is 5.73 Å². The molecule has 4 nitrogen and oxygen atoms in total. The van der Waals surface area contributed by atoms with Gasteiger partial charge in [0.2, 0.25) is 0 Å². The molecule has 0 bridgehead atoms. The predicted molar refractivity (Wildman–Crippen MR) is 79.7 cm³/mol. The van der Waals surface area contributed by atoms with Crippen molar-refractivity contribution >= 4 is 23.3 Å². The minimum Gasteiger partial charge on any atom is -0.456 e. The molecule has 0 atom stereocenters. The number of esters is 1. The van der Waals surface area contributed by atoms with Crippen LogP contribution in [0.15, 0.2) is 30.5 Å². The van der Waals surface area contributed by atoms with E-state index >= 15 is 0 Å². The van der Waals surface area contributed by atoms with Crippen molar-refractivity contribution in [2.24, 2.45) is 0 Å². The molecule has 0 amide bonds. The van der Waals surface area contributed by atoms with E-state index in [4.69, 9.17) is 22.1 Å². The van der Waals surface area contributed by atoms with Gasteiger partial charge in [-0.1, -0.05) is 24.6 Å². The minimum atomic E-state index is -0.538. The summed E-state index contributed by atoms with van der Waals surface area (Å²) in [7, 11) is 0. The number of hydrogen-bond acceptors (Lipinski definition) is 3. The van der Waals surface area contributed by atoms with E-state index in [2.05, 4.69) is 0 Å². The normalized spacial score (nSPS) is 10.6. The Balaban J connectivity index is 2.06. The minimum absolute atomic E-state index is 0.0237. The summed E-state index contributed by atoms with van der Waals surface area (Å²) < 4.78 is 20.2. The molecule has 21 heavy (non-hydrogen) atoms. The summed E-state index contributed by atoms with van der Waals surface area (Å²) in [4.78, 5) is 12.1. The molecule has 0 radical (unpaired) electrons. The Hall–Kier alpha value is -2.01. The zero-order chi connectivity index (χ0) is 15.4. The Bertz CT molecular complexity index is 655. The van der Waals surface area contributed by atoms with Crippen LogP contribution in [0.3, 0.4) is 0 Å². The van der Waals surface area contributed by atoms with E-state index in [1.807, 2.05) is 6.92 Å². The number of halogens is 2. The zero-order valence-corrected chi connectivity index (χ0v) is 12.4. The molecule has 2 N–H and O–H groups in total. The molecule has 0 unspecified atom stereocenters. The molecule has 0 spiro atoms. The third-order valence-electron chi connectivity index (χ3n) is 2.95. The summed E-state index contributed by atoms with van der Waals surface area (Å²) in [6.07, 6.45) is 2.57. The van der Waals surface area contributed by atoms with Gasteiger partial charge in [-0.3, -0.25) is 0 Å². The second-order valence-corrected chi connectivity index (χ2v) is 5.08. The molecule has 112 valence electrons. The number of aryl methyl sites for hydroxylation is 1. The number of rotatable bonds is 5. The Morgan fingerprint density at radius 2 is 2.19 bits per heavy atom. The van der Waals surface area contributed by atoms with Crippen LogP contribution in [-0.2, 0) is 17.9 Å². The summed E-state index contributed by atoms with van der Waals surface area (Å²) in [6, 6.07) is 5.85. The molecule has 1 aromatic carbocycles. The Morgan fingerprint density at radius 1 is 1.43 bits per heavy atom. The number of hydrogen-bond donors (Lipinski definition) is 1. The third-order valence-corrected chi connectivity index (χ3v) is 3.25. The second kappa shape index (κ2) is 6.63. The first-order valence-corrected chi connectivity index (χ1v) is 6.95. The average molecular weight is 311 g/mol. The summed E-state index contributed by atoms with van der Waals surface area (Å²) in [5.41, 5.74) is 7.13. The van der Waals surface area contributed by atoms with Crippen LogP contribution in [0, 0.1) is 5.82 Å². The molecular formula is C15H16ClFN2O2. The molecule has 2 rings (SSSR count). The van der Waals surface area contributed by atoms with Crippen LogP contribution in [0.1, 0.15) is 29.4 Å². The molecule has 1 aromatic heterocycles. The molecule has 0 aliphatic carbocycles. The smallest absolute Gasteiger partial charge is 0.355 e. The molecule has 0 fully saturated rings. The summed E-state index contributed by atoms with van der Waals surface area (Å²) in [6.45, 7) is 2.66. The van der Waals surface area contributed by atoms with Gasteiger partial charge in [0.05, 0.1) is 10.7 Å². The molecule has 0 saturated heterocycles. The fraction of sp³-hybridized carbons (Fsp3) is 0.267. The lowest BCUT2D eigenvalue weighted by molar-refractivity contribution is 0.0459. The molecular weight excluding hydrogens is 295 g/mol. The Labute approximate surface area is 127 Å². The average Bonchev–Trinajstić information content (AvgIpc) is 2.81. The number of carbonyl (C=O) groups is 1.